The predicted octanol–water partition coefficient (Wildman–Crippen LogP) is 2.96. The Balaban J connectivity index is 2.40. The van der Waals surface area contributed by atoms with Gasteiger partial charge in [-0.2, -0.15) is 5.26 Å². The fraction of sp³-hybridized carbons (Fsp3) is 0. The fourth-order valence-corrected chi connectivity index (χ4v) is 1.17. The quantitative estimate of drug-likeness (QED) is 0.688. The lowest BCUT2D eigenvalue weighted by Gasteiger charge is -1.94. The molecule has 0 fully saturated rings. The lowest BCUT2D eigenvalue weighted by molar-refractivity contribution is 0.567. The molecule has 0 saturated carbocycles. The van der Waals surface area contributed by atoms with Crippen LogP contribution in [0.3, 0.4) is 0 Å². The standard InChI is InChI=1S/C11H6FNO/c12-9-3-1-8(2-4-9)11-6-5-10(7-13)14-11/h1-6H. The number of furan rings is 1. The van der Waals surface area contributed by atoms with E-state index in [1.165, 1.54) is 12.1 Å². The predicted molar refractivity (Wildman–Crippen MR) is 48.8 cm³/mol. The summed E-state index contributed by atoms with van der Waals surface area (Å²) < 4.78 is 17.8. The van der Waals surface area contributed by atoms with Gasteiger partial charge in [-0.1, -0.05) is 0 Å². The zero-order valence-corrected chi connectivity index (χ0v) is 7.20. The molecule has 0 aliphatic carbocycles. The van der Waals surface area contributed by atoms with Gasteiger partial charge in [0.15, 0.2) is 0 Å². The molecule has 68 valence electrons. The van der Waals surface area contributed by atoms with Crippen LogP contribution in [0.4, 0.5) is 4.39 Å². The maximum Gasteiger partial charge on any atom is 0.204 e. The molecule has 0 saturated heterocycles. The molecule has 0 radical (unpaired) electrons. The molecule has 0 unspecified atom stereocenters. The van der Waals surface area contributed by atoms with Crippen molar-refractivity contribution in [1.29, 1.82) is 5.26 Å². The van der Waals surface area contributed by atoms with Gasteiger partial charge in [-0.3, -0.25) is 0 Å². The number of rotatable bonds is 1. The summed E-state index contributed by atoms with van der Waals surface area (Å²) in [6, 6.07) is 11.1. The Hall–Kier alpha value is -2.08. The molecular formula is C11H6FNO. The lowest BCUT2D eigenvalue weighted by atomic mass is 10.2. The van der Waals surface area contributed by atoms with Gasteiger partial charge in [0.2, 0.25) is 5.76 Å². The van der Waals surface area contributed by atoms with Crippen molar-refractivity contribution < 1.29 is 8.81 Å². The molecule has 14 heavy (non-hydrogen) atoms. The second-order valence-electron chi connectivity index (χ2n) is 2.78. The second kappa shape index (κ2) is 3.35. The summed E-state index contributed by atoms with van der Waals surface area (Å²) in [6.07, 6.45) is 0. The molecule has 2 rings (SSSR count). The third kappa shape index (κ3) is 1.50. The smallest absolute Gasteiger partial charge is 0.204 e. The zero-order chi connectivity index (χ0) is 9.97. The monoisotopic (exact) mass is 187 g/mol. The van der Waals surface area contributed by atoms with Crippen LogP contribution in [0.1, 0.15) is 5.76 Å². The SMILES string of the molecule is N#Cc1ccc(-c2ccc(F)cc2)o1. The van der Waals surface area contributed by atoms with Gasteiger partial charge in [0.1, 0.15) is 17.6 Å². The van der Waals surface area contributed by atoms with Crippen molar-refractivity contribution in [3.05, 3.63) is 48.0 Å². The minimum Gasteiger partial charge on any atom is -0.446 e. The van der Waals surface area contributed by atoms with Gasteiger partial charge < -0.3 is 4.42 Å². The summed E-state index contributed by atoms with van der Waals surface area (Å²) in [6.45, 7) is 0. The number of halogens is 1. The van der Waals surface area contributed by atoms with Gasteiger partial charge in [-0.05, 0) is 36.4 Å². The van der Waals surface area contributed by atoms with Gasteiger partial charge in [-0.15, -0.1) is 0 Å². The van der Waals surface area contributed by atoms with E-state index in [1.807, 2.05) is 6.07 Å². The van der Waals surface area contributed by atoms with Gasteiger partial charge in [0, 0.05) is 5.56 Å². The molecule has 0 aliphatic heterocycles. The van der Waals surface area contributed by atoms with E-state index in [4.69, 9.17) is 9.68 Å². The van der Waals surface area contributed by atoms with Crippen LogP contribution in [-0.2, 0) is 0 Å². The van der Waals surface area contributed by atoms with E-state index in [-0.39, 0.29) is 11.6 Å². The van der Waals surface area contributed by atoms with Crippen LogP contribution in [0.25, 0.3) is 11.3 Å². The minimum absolute atomic E-state index is 0.254. The first kappa shape index (κ1) is 8.52. The van der Waals surface area contributed by atoms with Gasteiger partial charge in [-0.25, -0.2) is 4.39 Å². The first-order valence-corrected chi connectivity index (χ1v) is 4.05. The normalized spacial score (nSPS) is 9.71. The van der Waals surface area contributed by atoms with Crippen molar-refractivity contribution in [2.75, 3.05) is 0 Å². The minimum atomic E-state index is -0.291. The molecule has 0 spiro atoms. The molecule has 0 amide bonds. The van der Waals surface area contributed by atoms with E-state index >= 15 is 0 Å². The summed E-state index contributed by atoms with van der Waals surface area (Å²) in [5.41, 5.74) is 0.757. The third-order valence-corrected chi connectivity index (χ3v) is 1.84. The second-order valence-corrected chi connectivity index (χ2v) is 2.78. The molecule has 1 heterocycles. The number of hydrogen-bond donors (Lipinski definition) is 0. The Morgan fingerprint density at radius 3 is 2.36 bits per heavy atom. The van der Waals surface area contributed by atoms with Gasteiger partial charge >= 0.3 is 0 Å². The first-order valence-electron chi connectivity index (χ1n) is 4.05. The third-order valence-electron chi connectivity index (χ3n) is 1.84. The molecule has 1 aromatic heterocycles. The van der Waals surface area contributed by atoms with Crippen molar-refractivity contribution in [2.24, 2.45) is 0 Å². The van der Waals surface area contributed by atoms with Gasteiger partial charge in [0.25, 0.3) is 0 Å². The van der Waals surface area contributed by atoms with E-state index in [0.29, 0.717) is 5.76 Å². The fourth-order valence-electron chi connectivity index (χ4n) is 1.17. The van der Waals surface area contributed by atoms with Gasteiger partial charge in [0.05, 0.1) is 0 Å². The molecule has 0 N–H and O–H groups in total. The van der Waals surface area contributed by atoms with Crippen molar-refractivity contribution in [3.63, 3.8) is 0 Å². The molecule has 0 atom stereocenters. The van der Waals surface area contributed by atoms with Crippen LogP contribution in [0, 0.1) is 17.1 Å². The molecule has 1 aromatic carbocycles. The summed E-state index contributed by atoms with van der Waals surface area (Å²) in [5, 5.41) is 8.54. The lowest BCUT2D eigenvalue weighted by Crippen LogP contribution is -1.75. The summed E-state index contributed by atoms with van der Waals surface area (Å²) in [4.78, 5) is 0. The number of nitrogens with zero attached hydrogens (tertiary/aromatic N) is 1. The Morgan fingerprint density at radius 2 is 1.79 bits per heavy atom. The average Bonchev–Trinajstić information content (AvgIpc) is 2.67. The number of hydrogen-bond acceptors (Lipinski definition) is 2. The van der Waals surface area contributed by atoms with E-state index in [2.05, 4.69) is 0 Å². The molecule has 0 bridgehead atoms. The van der Waals surface area contributed by atoms with Crippen molar-refractivity contribution in [1.82, 2.24) is 0 Å². The highest BCUT2D eigenvalue weighted by Crippen LogP contribution is 2.21. The van der Waals surface area contributed by atoms with E-state index in [0.717, 1.165) is 5.56 Å². The summed E-state index contributed by atoms with van der Waals surface area (Å²) >= 11 is 0. The Labute approximate surface area is 80.2 Å². The van der Waals surface area contributed by atoms with Crippen LogP contribution in [0.5, 0.6) is 0 Å². The van der Waals surface area contributed by atoms with Crippen molar-refractivity contribution >= 4 is 0 Å². The highest BCUT2D eigenvalue weighted by atomic mass is 19.1. The van der Waals surface area contributed by atoms with E-state index in [1.54, 1.807) is 24.3 Å². The van der Waals surface area contributed by atoms with Crippen LogP contribution in [0.2, 0.25) is 0 Å². The van der Waals surface area contributed by atoms with Crippen molar-refractivity contribution in [2.45, 2.75) is 0 Å². The van der Waals surface area contributed by atoms with Crippen molar-refractivity contribution in [3.8, 4) is 17.4 Å². The maximum absolute atomic E-state index is 12.6. The van der Waals surface area contributed by atoms with Crippen LogP contribution < -0.4 is 0 Å². The molecular weight excluding hydrogens is 181 g/mol. The molecule has 2 nitrogen and oxygen atoms in total. The summed E-state index contributed by atoms with van der Waals surface area (Å²) in [5.74, 6) is 0.534. The Kier molecular flexibility index (Phi) is 2.04. The topological polar surface area (TPSA) is 36.9 Å². The number of benzene rings is 1. The average molecular weight is 187 g/mol. The van der Waals surface area contributed by atoms with Crippen LogP contribution >= 0.6 is 0 Å². The maximum atomic E-state index is 12.6. The first-order chi connectivity index (χ1) is 6.79. The highest BCUT2D eigenvalue weighted by Gasteiger charge is 2.03. The number of nitriles is 1. The molecule has 2 aromatic rings. The molecule has 0 aliphatic rings. The van der Waals surface area contributed by atoms with E-state index in [9.17, 15) is 4.39 Å². The van der Waals surface area contributed by atoms with Crippen LogP contribution in [0.15, 0.2) is 40.8 Å². The van der Waals surface area contributed by atoms with E-state index < -0.39 is 0 Å². The Morgan fingerprint density at radius 1 is 1.07 bits per heavy atom. The highest BCUT2D eigenvalue weighted by molar-refractivity contribution is 5.57. The molecule has 3 heteroatoms. The largest absolute Gasteiger partial charge is 0.446 e. The summed E-state index contributed by atoms with van der Waals surface area (Å²) in [7, 11) is 0. The zero-order valence-electron chi connectivity index (χ0n) is 7.20. The van der Waals surface area contributed by atoms with Crippen LogP contribution in [-0.4, -0.2) is 0 Å². The Bertz CT molecular complexity index is 479.